The predicted octanol–water partition coefficient (Wildman–Crippen LogP) is 3.41. The summed E-state index contributed by atoms with van der Waals surface area (Å²) in [5.41, 5.74) is 6.59. The van der Waals surface area contributed by atoms with Crippen LogP contribution in [0, 0.1) is 0 Å². The highest BCUT2D eigenvalue weighted by atomic mass is 16.5. The molecule has 3 heteroatoms. The smallest absolute Gasteiger partial charge is 0.134 e. The summed E-state index contributed by atoms with van der Waals surface area (Å²) < 4.78 is 11.1. The molecule has 0 amide bonds. The Kier molecular flexibility index (Phi) is 4.05. The highest BCUT2D eigenvalue weighted by Crippen LogP contribution is 2.29. The lowest BCUT2D eigenvalue weighted by molar-refractivity contribution is 0.414. The van der Waals surface area contributed by atoms with Crippen molar-refractivity contribution in [2.24, 2.45) is 5.73 Å². The van der Waals surface area contributed by atoms with Gasteiger partial charge in [0.05, 0.1) is 7.11 Å². The molecule has 1 atom stereocenters. The van der Waals surface area contributed by atoms with Crippen molar-refractivity contribution in [2.75, 3.05) is 13.7 Å². The van der Waals surface area contributed by atoms with Crippen LogP contribution in [0.3, 0.4) is 0 Å². The van der Waals surface area contributed by atoms with E-state index in [1.807, 2.05) is 36.4 Å². The van der Waals surface area contributed by atoms with Crippen LogP contribution in [0.5, 0.6) is 5.75 Å². The second kappa shape index (κ2) is 5.74. The van der Waals surface area contributed by atoms with Gasteiger partial charge in [0.2, 0.25) is 0 Å². The Morgan fingerprint density at radius 2 is 2.11 bits per heavy atom. The van der Waals surface area contributed by atoms with Crippen LogP contribution in [-0.2, 0) is 0 Å². The summed E-state index contributed by atoms with van der Waals surface area (Å²) in [5, 5.41) is 0. The summed E-state index contributed by atoms with van der Waals surface area (Å²) >= 11 is 0. The molecule has 1 aromatic heterocycles. The van der Waals surface area contributed by atoms with E-state index in [9.17, 15) is 0 Å². The minimum absolute atomic E-state index is 0.356. The van der Waals surface area contributed by atoms with Gasteiger partial charge in [0, 0.05) is 11.5 Å². The lowest BCUT2D eigenvalue weighted by Gasteiger charge is -2.06. The summed E-state index contributed by atoms with van der Waals surface area (Å²) in [4.78, 5) is 0. The molecule has 0 spiro atoms. The first kappa shape index (κ1) is 12.7. The molecule has 0 aliphatic rings. The topological polar surface area (TPSA) is 48.4 Å². The molecule has 0 saturated heterocycles. The quantitative estimate of drug-likeness (QED) is 0.878. The highest BCUT2D eigenvalue weighted by Gasteiger charge is 2.11. The van der Waals surface area contributed by atoms with Gasteiger partial charge in [-0.15, -0.1) is 0 Å². The van der Waals surface area contributed by atoms with E-state index < -0.39 is 0 Å². The van der Waals surface area contributed by atoms with Crippen LogP contribution in [0.25, 0.3) is 11.3 Å². The molecule has 0 aliphatic carbocycles. The molecule has 1 unspecified atom stereocenters. The van der Waals surface area contributed by atoms with Gasteiger partial charge in [-0.3, -0.25) is 0 Å². The van der Waals surface area contributed by atoms with Crippen molar-refractivity contribution < 1.29 is 9.15 Å². The summed E-state index contributed by atoms with van der Waals surface area (Å²) in [6, 6.07) is 11.9. The molecule has 2 rings (SSSR count). The van der Waals surface area contributed by atoms with E-state index in [0.717, 1.165) is 29.3 Å². The lowest BCUT2D eigenvalue weighted by Crippen LogP contribution is -2.03. The first-order valence-electron chi connectivity index (χ1n) is 6.19. The Morgan fingerprint density at radius 3 is 2.83 bits per heavy atom. The van der Waals surface area contributed by atoms with Crippen LogP contribution in [-0.4, -0.2) is 13.7 Å². The minimum atomic E-state index is 0.356. The normalized spacial score (nSPS) is 12.4. The number of rotatable bonds is 5. The second-order valence-corrected chi connectivity index (χ2v) is 4.41. The zero-order valence-corrected chi connectivity index (χ0v) is 10.8. The number of benzene rings is 1. The molecule has 0 fully saturated rings. The van der Waals surface area contributed by atoms with Gasteiger partial charge in [-0.2, -0.15) is 0 Å². The van der Waals surface area contributed by atoms with Gasteiger partial charge in [0.15, 0.2) is 0 Å². The molecular formula is C15H19NO2. The number of furan rings is 1. The molecule has 0 radical (unpaired) electrons. The molecule has 96 valence electrons. The average molecular weight is 245 g/mol. The Bertz CT molecular complexity index is 505. The minimum Gasteiger partial charge on any atom is -0.497 e. The van der Waals surface area contributed by atoms with Crippen molar-refractivity contribution in [1.82, 2.24) is 0 Å². The fraction of sp³-hybridized carbons (Fsp3) is 0.333. The van der Waals surface area contributed by atoms with Gasteiger partial charge in [0.1, 0.15) is 17.3 Å². The third-order valence-electron chi connectivity index (χ3n) is 3.07. The van der Waals surface area contributed by atoms with Crippen molar-refractivity contribution >= 4 is 0 Å². The van der Waals surface area contributed by atoms with Crippen LogP contribution >= 0.6 is 0 Å². The Labute approximate surface area is 108 Å². The van der Waals surface area contributed by atoms with Crippen LogP contribution in [0.15, 0.2) is 40.8 Å². The number of methoxy groups -OCH3 is 1. The maximum atomic E-state index is 5.87. The van der Waals surface area contributed by atoms with E-state index in [0.29, 0.717) is 12.5 Å². The standard InChI is InChI=1S/C15H19NO2/c1-11(8-9-16)14-6-7-15(18-14)12-4-3-5-13(10-12)17-2/h3-7,10-11H,8-9,16H2,1-2H3. The highest BCUT2D eigenvalue weighted by molar-refractivity contribution is 5.59. The summed E-state index contributed by atoms with van der Waals surface area (Å²) in [6.45, 7) is 2.80. The largest absolute Gasteiger partial charge is 0.497 e. The maximum Gasteiger partial charge on any atom is 0.134 e. The van der Waals surface area contributed by atoms with Crippen LogP contribution in [0.2, 0.25) is 0 Å². The summed E-state index contributed by atoms with van der Waals surface area (Å²) in [6.07, 6.45) is 0.936. The number of hydrogen-bond acceptors (Lipinski definition) is 3. The molecule has 3 nitrogen and oxygen atoms in total. The maximum absolute atomic E-state index is 5.87. The van der Waals surface area contributed by atoms with Crippen LogP contribution in [0.1, 0.15) is 25.0 Å². The van der Waals surface area contributed by atoms with Gasteiger partial charge >= 0.3 is 0 Å². The average Bonchev–Trinajstić information content (AvgIpc) is 2.89. The van der Waals surface area contributed by atoms with Crippen molar-refractivity contribution in [3.05, 3.63) is 42.2 Å². The van der Waals surface area contributed by atoms with E-state index in [1.54, 1.807) is 7.11 Å². The van der Waals surface area contributed by atoms with E-state index in [2.05, 4.69) is 6.92 Å². The predicted molar refractivity (Wildman–Crippen MR) is 72.8 cm³/mol. The van der Waals surface area contributed by atoms with Gasteiger partial charge in [-0.25, -0.2) is 0 Å². The lowest BCUT2D eigenvalue weighted by atomic mass is 10.1. The Hall–Kier alpha value is -1.74. The molecule has 1 heterocycles. The third kappa shape index (κ3) is 2.74. The SMILES string of the molecule is COc1cccc(-c2ccc(C(C)CCN)o2)c1. The van der Waals surface area contributed by atoms with Gasteiger partial charge < -0.3 is 14.9 Å². The Morgan fingerprint density at radius 1 is 1.28 bits per heavy atom. The zero-order valence-electron chi connectivity index (χ0n) is 10.8. The first-order chi connectivity index (χ1) is 8.74. The number of hydrogen-bond donors (Lipinski definition) is 1. The zero-order chi connectivity index (χ0) is 13.0. The fourth-order valence-electron chi connectivity index (χ4n) is 1.94. The number of ether oxygens (including phenoxy) is 1. The molecule has 0 saturated carbocycles. The van der Waals surface area contributed by atoms with Gasteiger partial charge in [-0.1, -0.05) is 19.1 Å². The molecule has 18 heavy (non-hydrogen) atoms. The van der Waals surface area contributed by atoms with Gasteiger partial charge in [-0.05, 0) is 37.2 Å². The molecular weight excluding hydrogens is 226 g/mol. The van der Waals surface area contributed by atoms with Crippen molar-refractivity contribution in [2.45, 2.75) is 19.3 Å². The monoisotopic (exact) mass is 245 g/mol. The van der Waals surface area contributed by atoms with Crippen molar-refractivity contribution in [3.63, 3.8) is 0 Å². The molecule has 0 bridgehead atoms. The molecule has 2 N–H and O–H groups in total. The van der Waals surface area contributed by atoms with Crippen molar-refractivity contribution in [1.29, 1.82) is 0 Å². The van der Waals surface area contributed by atoms with E-state index in [4.69, 9.17) is 14.9 Å². The molecule has 0 aliphatic heterocycles. The van der Waals surface area contributed by atoms with Crippen LogP contribution in [0.4, 0.5) is 0 Å². The van der Waals surface area contributed by atoms with E-state index in [1.165, 1.54) is 0 Å². The number of nitrogens with two attached hydrogens (primary N) is 1. The van der Waals surface area contributed by atoms with E-state index in [-0.39, 0.29) is 0 Å². The fourth-order valence-corrected chi connectivity index (χ4v) is 1.94. The first-order valence-corrected chi connectivity index (χ1v) is 6.19. The molecule has 1 aromatic carbocycles. The molecule has 2 aromatic rings. The summed E-state index contributed by atoms with van der Waals surface area (Å²) in [5.74, 6) is 3.04. The Balaban J connectivity index is 2.23. The second-order valence-electron chi connectivity index (χ2n) is 4.41. The third-order valence-corrected chi connectivity index (χ3v) is 3.07. The summed E-state index contributed by atoms with van der Waals surface area (Å²) in [7, 11) is 1.66. The van der Waals surface area contributed by atoms with E-state index >= 15 is 0 Å². The van der Waals surface area contributed by atoms with Crippen LogP contribution < -0.4 is 10.5 Å². The van der Waals surface area contributed by atoms with Crippen molar-refractivity contribution in [3.8, 4) is 17.1 Å². The van der Waals surface area contributed by atoms with Gasteiger partial charge in [0.25, 0.3) is 0 Å².